The maximum Gasteiger partial charge on any atom is 0.241 e. The summed E-state index contributed by atoms with van der Waals surface area (Å²) in [6.07, 6.45) is 0. The van der Waals surface area contributed by atoms with Crippen LogP contribution in [-0.4, -0.2) is 21.2 Å². The third-order valence-electron chi connectivity index (χ3n) is 2.80. The summed E-state index contributed by atoms with van der Waals surface area (Å²) < 4.78 is 26.1. The van der Waals surface area contributed by atoms with Crippen LogP contribution >= 0.6 is 11.6 Å². The number of hydrogen-bond acceptors (Lipinski definition) is 3. The van der Waals surface area contributed by atoms with Gasteiger partial charge in [-0.15, -0.1) is 0 Å². The Morgan fingerprint density at radius 3 is 2.25 bits per heavy atom. The first-order valence-electron chi connectivity index (χ1n) is 5.78. The summed E-state index contributed by atoms with van der Waals surface area (Å²) >= 11 is 5.77. The highest BCUT2D eigenvalue weighted by atomic mass is 35.5. The zero-order valence-electron chi connectivity index (χ0n) is 10.6. The average molecular weight is 310 g/mol. The number of carbonyl (C=O) groups is 1. The molecule has 6 heteroatoms. The number of ketones is 1. The minimum atomic E-state index is -3.69. The highest BCUT2D eigenvalue weighted by molar-refractivity contribution is 7.89. The molecule has 0 bridgehead atoms. The molecule has 4 nitrogen and oxygen atoms in total. The molecule has 2 rings (SSSR count). The van der Waals surface area contributed by atoms with Gasteiger partial charge in [0.1, 0.15) is 0 Å². The van der Waals surface area contributed by atoms with E-state index in [2.05, 4.69) is 4.72 Å². The molecule has 20 heavy (non-hydrogen) atoms. The van der Waals surface area contributed by atoms with Gasteiger partial charge in [-0.2, -0.15) is 0 Å². The van der Waals surface area contributed by atoms with Gasteiger partial charge in [0.05, 0.1) is 4.90 Å². The lowest BCUT2D eigenvalue weighted by atomic mass is 10.0. The summed E-state index contributed by atoms with van der Waals surface area (Å²) in [5, 5.41) is 0.512. The first-order valence-corrected chi connectivity index (χ1v) is 7.64. The number of hydrogen-bond donors (Lipinski definition) is 1. The summed E-state index contributed by atoms with van der Waals surface area (Å²) in [5.41, 5.74) is 0.511. The molecule has 0 fully saturated rings. The quantitative estimate of drug-likeness (QED) is 0.883. The van der Waals surface area contributed by atoms with Crippen molar-refractivity contribution < 1.29 is 13.2 Å². The Morgan fingerprint density at radius 1 is 1.05 bits per heavy atom. The topological polar surface area (TPSA) is 63.2 Å². The number of sulfonamides is 1. The molecule has 0 aromatic heterocycles. The summed E-state index contributed by atoms with van der Waals surface area (Å²) in [7, 11) is -2.38. The highest BCUT2D eigenvalue weighted by Crippen LogP contribution is 2.20. The Hall–Kier alpha value is -1.69. The van der Waals surface area contributed by atoms with Gasteiger partial charge in [-0.25, -0.2) is 13.1 Å². The molecule has 0 amide bonds. The van der Waals surface area contributed by atoms with Gasteiger partial charge in [0, 0.05) is 16.1 Å². The summed E-state index contributed by atoms with van der Waals surface area (Å²) in [6.45, 7) is 0. The van der Waals surface area contributed by atoms with E-state index in [1.165, 1.54) is 19.2 Å². The highest BCUT2D eigenvalue weighted by Gasteiger charge is 2.21. The largest absolute Gasteiger partial charge is 0.289 e. The van der Waals surface area contributed by atoms with Gasteiger partial charge in [-0.1, -0.05) is 23.7 Å². The second-order valence-corrected chi connectivity index (χ2v) is 6.33. The zero-order valence-corrected chi connectivity index (χ0v) is 12.2. The number of nitrogens with one attached hydrogen (secondary N) is 1. The molecule has 0 aliphatic carbocycles. The van der Waals surface area contributed by atoms with Crippen LogP contribution in [0.4, 0.5) is 0 Å². The number of halogens is 1. The molecule has 2 aromatic rings. The first-order chi connectivity index (χ1) is 9.45. The van der Waals surface area contributed by atoms with E-state index >= 15 is 0 Å². The molecule has 0 aliphatic rings. The van der Waals surface area contributed by atoms with Crippen molar-refractivity contribution >= 4 is 27.4 Å². The van der Waals surface area contributed by atoms with Crippen molar-refractivity contribution in [3.05, 3.63) is 64.7 Å². The van der Waals surface area contributed by atoms with E-state index in [-0.39, 0.29) is 16.2 Å². The Labute approximate surface area is 122 Å². The van der Waals surface area contributed by atoms with Gasteiger partial charge in [-0.3, -0.25) is 4.79 Å². The van der Waals surface area contributed by atoms with Crippen molar-refractivity contribution in [2.24, 2.45) is 0 Å². The van der Waals surface area contributed by atoms with Crippen LogP contribution in [0.2, 0.25) is 5.02 Å². The van der Waals surface area contributed by atoms with Gasteiger partial charge in [0.15, 0.2) is 5.78 Å². The van der Waals surface area contributed by atoms with Crippen molar-refractivity contribution in [2.45, 2.75) is 4.90 Å². The standard InChI is InChI=1S/C14H12ClNO3S/c1-16-20(18,19)13-5-3-2-4-12(13)14(17)10-6-8-11(15)9-7-10/h2-9,16H,1H3. The van der Waals surface area contributed by atoms with Crippen molar-refractivity contribution in [2.75, 3.05) is 7.05 Å². The minimum Gasteiger partial charge on any atom is -0.289 e. The monoisotopic (exact) mass is 309 g/mol. The van der Waals surface area contributed by atoms with Crippen LogP contribution in [0, 0.1) is 0 Å². The van der Waals surface area contributed by atoms with E-state index in [4.69, 9.17) is 11.6 Å². The van der Waals surface area contributed by atoms with E-state index < -0.39 is 10.0 Å². The summed E-state index contributed by atoms with van der Waals surface area (Å²) in [5.74, 6) is -0.365. The van der Waals surface area contributed by atoms with Crippen LogP contribution in [0.1, 0.15) is 15.9 Å². The second kappa shape index (κ2) is 5.75. The fraction of sp³-hybridized carbons (Fsp3) is 0.0714. The van der Waals surface area contributed by atoms with E-state index in [0.29, 0.717) is 10.6 Å². The Balaban J connectivity index is 2.54. The van der Waals surface area contributed by atoms with Crippen LogP contribution in [0.5, 0.6) is 0 Å². The van der Waals surface area contributed by atoms with Gasteiger partial charge in [0.2, 0.25) is 10.0 Å². The third kappa shape index (κ3) is 2.90. The maximum absolute atomic E-state index is 12.4. The molecule has 0 saturated heterocycles. The second-order valence-electron chi connectivity index (χ2n) is 4.04. The molecule has 104 valence electrons. The Morgan fingerprint density at radius 2 is 1.65 bits per heavy atom. The Bertz CT molecular complexity index is 739. The number of rotatable bonds is 4. The van der Waals surface area contributed by atoms with Crippen molar-refractivity contribution in [3.8, 4) is 0 Å². The first kappa shape index (κ1) is 14.7. The van der Waals surface area contributed by atoms with Crippen molar-refractivity contribution in [3.63, 3.8) is 0 Å². The zero-order chi connectivity index (χ0) is 14.8. The normalized spacial score (nSPS) is 11.3. The van der Waals surface area contributed by atoms with E-state index in [1.807, 2.05) is 0 Å². The fourth-order valence-electron chi connectivity index (χ4n) is 1.76. The molecule has 0 radical (unpaired) electrons. The van der Waals surface area contributed by atoms with Gasteiger partial charge < -0.3 is 0 Å². The fourth-order valence-corrected chi connectivity index (χ4v) is 2.81. The lowest BCUT2D eigenvalue weighted by Crippen LogP contribution is -2.21. The molecule has 1 N–H and O–H groups in total. The van der Waals surface area contributed by atoms with Crippen LogP contribution in [-0.2, 0) is 10.0 Å². The lowest BCUT2D eigenvalue weighted by molar-refractivity contribution is 0.103. The lowest BCUT2D eigenvalue weighted by Gasteiger charge is -2.08. The maximum atomic E-state index is 12.4. The molecule has 0 spiro atoms. The number of benzene rings is 2. The van der Waals surface area contributed by atoms with Gasteiger partial charge in [-0.05, 0) is 43.4 Å². The van der Waals surface area contributed by atoms with Crippen LogP contribution in [0.3, 0.4) is 0 Å². The van der Waals surface area contributed by atoms with E-state index in [0.717, 1.165) is 0 Å². The molecular weight excluding hydrogens is 298 g/mol. The third-order valence-corrected chi connectivity index (χ3v) is 4.52. The molecule has 0 unspecified atom stereocenters. The SMILES string of the molecule is CNS(=O)(=O)c1ccccc1C(=O)c1ccc(Cl)cc1. The molecule has 0 aliphatic heterocycles. The molecular formula is C14H12ClNO3S. The summed E-state index contributed by atoms with van der Waals surface area (Å²) in [4.78, 5) is 12.4. The molecule has 0 heterocycles. The van der Waals surface area contributed by atoms with Gasteiger partial charge >= 0.3 is 0 Å². The summed E-state index contributed by atoms with van der Waals surface area (Å²) in [6, 6.07) is 12.4. The predicted molar refractivity (Wildman–Crippen MR) is 77.6 cm³/mol. The van der Waals surface area contributed by atoms with Crippen LogP contribution in [0.15, 0.2) is 53.4 Å². The van der Waals surface area contributed by atoms with Crippen molar-refractivity contribution in [1.82, 2.24) is 4.72 Å². The van der Waals surface area contributed by atoms with E-state index in [1.54, 1.807) is 36.4 Å². The van der Waals surface area contributed by atoms with Crippen LogP contribution in [0.25, 0.3) is 0 Å². The predicted octanol–water partition coefficient (Wildman–Crippen LogP) is 2.48. The minimum absolute atomic E-state index is 0.0394. The van der Waals surface area contributed by atoms with E-state index in [9.17, 15) is 13.2 Å². The smallest absolute Gasteiger partial charge is 0.241 e. The van der Waals surface area contributed by atoms with Crippen molar-refractivity contribution in [1.29, 1.82) is 0 Å². The average Bonchev–Trinajstić information content (AvgIpc) is 2.47. The molecule has 0 saturated carbocycles. The Kier molecular flexibility index (Phi) is 4.23. The van der Waals surface area contributed by atoms with Gasteiger partial charge in [0.25, 0.3) is 0 Å². The molecule has 0 atom stereocenters. The molecule has 2 aromatic carbocycles. The van der Waals surface area contributed by atoms with Crippen LogP contribution < -0.4 is 4.72 Å². The number of carbonyl (C=O) groups excluding carboxylic acids is 1.